The number of benzene rings is 1. The molecule has 1 amide bonds. The predicted octanol–water partition coefficient (Wildman–Crippen LogP) is 3.54. The average Bonchev–Trinajstić information content (AvgIpc) is 3.36. The van der Waals surface area contributed by atoms with E-state index in [0.29, 0.717) is 30.8 Å². The second-order valence-corrected chi connectivity index (χ2v) is 10.1. The fraction of sp³-hybridized carbons (Fsp3) is 0.235. The Bertz CT molecular complexity index is 1160. The van der Waals surface area contributed by atoms with Gasteiger partial charge in [-0.15, -0.1) is 21.5 Å². The number of rotatable bonds is 5. The first-order chi connectivity index (χ1) is 13.8. The number of fused-ring (bicyclic) bond motifs is 1. The second-order valence-electron chi connectivity index (χ2n) is 6.19. The summed E-state index contributed by atoms with van der Waals surface area (Å²) < 4.78 is 52.6. The molecule has 0 saturated carbocycles. The number of thiophene rings is 1. The van der Waals surface area contributed by atoms with E-state index in [9.17, 15) is 22.0 Å². The Labute approximate surface area is 173 Å². The lowest BCUT2D eigenvalue weighted by molar-refractivity contribution is 0.102. The Morgan fingerprint density at radius 2 is 2.07 bits per heavy atom. The fourth-order valence-corrected chi connectivity index (χ4v) is 5.87. The van der Waals surface area contributed by atoms with Crippen LogP contribution in [0.25, 0.3) is 0 Å². The van der Waals surface area contributed by atoms with Gasteiger partial charge in [-0.1, -0.05) is 17.4 Å². The molecule has 0 spiro atoms. The van der Waals surface area contributed by atoms with E-state index in [0.717, 1.165) is 5.56 Å². The van der Waals surface area contributed by atoms with Gasteiger partial charge in [0.05, 0.1) is 4.90 Å². The summed E-state index contributed by atoms with van der Waals surface area (Å²) in [5, 5.41) is 10.5. The normalized spacial score (nSPS) is 14.7. The smallest absolute Gasteiger partial charge is 0.291 e. The molecule has 0 aliphatic carbocycles. The fourth-order valence-electron chi connectivity index (χ4n) is 2.92. The topological polar surface area (TPSA) is 92.3 Å². The van der Waals surface area contributed by atoms with Crippen LogP contribution < -0.4 is 5.32 Å². The number of sulfonamides is 1. The summed E-state index contributed by atoms with van der Waals surface area (Å²) >= 11 is 2.17. The molecular weight excluding hydrogens is 442 g/mol. The lowest BCUT2D eigenvalue weighted by atomic mass is 10.1. The minimum absolute atomic E-state index is 0.00522. The summed E-state index contributed by atoms with van der Waals surface area (Å²) in [6.07, 6.45) is -2.13. The summed E-state index contributed by atoms with van der Waals surface area (Å²) in [4.78, 5) is 13.6. The molecule has 0 fully saturated rings. The maximum absolute atomic E-state index is 13.0. The number of amides is 1. The van der Waals surface area contributed by atoms with Crippen molar-refractivity contribution in [1.29, 1.82) is 0 Å². The number of aromatic nitrogens is 2. The van der Waals surface area contributed by atoms with Gasteiger partial charge in [-0.05, 0) is 41.6 Å². The van der Waals surface area contributed by atoms with Crippen LogP contribution in [0.2, 0.25) is 0 Å². The highest BCUT2D eigenvalue weighted by Gasteiger charge is 2.29. The molecular formula is C17H14F2N4O3S3. The zero-order valence-electron chi connectivity index (χ0n) is 14.7. The predicted molar refractivity (Wildman–Crippen MR) is 105 cm³/mol. The van der Waals surface area contributed by atoms with Gasteiger partial charge in [0.15, 0.2) is 5.01 Å². The van der Waals surface area contributed by atoms with Gasteiger partial charge in [-0.2, -0.15) is 4.31 Å². The lowest BCUT2D eigenvalue weighted by Crippen LogP contribution is -2.35. The van der Waals surface area contributed by atoms with Crippen molar-refractivity contribution in [2.75, 3.05) is 11.9 Å². The van der Waals surface area contributed by atoms with Gasteiger partial charge in [0.25, 0.3) is 12.3 Å². The van der Waals surface area contributed by atoms with Crippen LogP contribution in [-0.2, 0) is 23.0 Å². The number of halogens is 2. The largest absolute Gasteiger partial charge is 0.296 e. The molecule has 4 rings (SSSR count). The van der Waals surface area contributed by atoms with Gasteiger partial charge in [0.1, 0.15) is 0 Å². The van der Waals surface area contributed by atoms with Gasteiger partial charge in [0, 0.05) is 23.5 Å². The average molecular weight is 457 g/mol. The summed E-state index contributed by atoms with van der Waals surface area (Å²) in [6, 6.07) is 7.52. The Balaban J connectivity index is 1.54. The molecule has 2 aromatic heterocycles. The van der Waals surface area contributed by atoms with E-state index in [2.05, 4.69) is 15.5 Å². The molecule has 0 atom stereocenters. The minimum atomic E-state index is -3.79. The number of carbonyl (C=O) groups is 1. The highest BCUT2D eigenvalue weighted by molar-refractivity contribution is 7.89. The molecule has 1 aromatic carbocycles. The van der Waals surface area contributed by atoms with Crippen molar-refractivity contribution in [3.8, 4) is 0 Å². The van der Waals surface area contributed by atoms with Gasteiger partial charge in [-0.25, -0.2) is 17.2 Å². The number of alkyl halides is 2. The molecule has 3 aromatic rings. The minimum Gasteiger partial charge on any atom is -0.296 e. The number of nitrogens with one attached hydrogen (secondary N) is 1. The van der Waals surface area contributed by atoms with Gasteiger partial charge < -0.3 is 0 Å². The van der Waals surface area contributed by atoms with E-state index in [-0.39, 0.29) is 15.6 Å². The second kappa shape index (κ2) is 7.86. The molecule has 1 aliphatic rings. The van der Waals surface area contributed by atoms with Crippen molar-refractivity contribution in [2.24, 2.45) is 0 Å². The zero-order chi connectivity index (χ0) is 20.6. The summed E-state index contributed by atoms with van der Waals surface area (Å²) in [5.41, 5.74) is 1.07. The monoisotopic (exact) mass is 456 g/mol. The first-order valence-corrected chi connectivity index (χ1v) is 11.6. The third kappa shape index (κ3) is 4.06. The van der Waals surface area contributed by atoms with Crippen molar-refractivity contribution in [3.63, 3.8) is 0 Å². The van der Waals surface area contributed by atoms with Crippen LogP contribution in [0.4, 0.5) is 13.9 Å². The lowest BCUT2D eigenvalue weighted by Gasteiger charge is -2.26. The Kier molecular flexibility index (Phi) is 5.42. The number of hydrogen-bond acceptors (Lipinski definition) is 7. The maximum atomic E-state index is 13.0. The Hall–Kier alpha value is -2.28. The quantitative estimate of drug-likeness (QED) is 0.634. The molecule has 152 valence electrons. The standard InChI is InChI=1S/C17H14F2N4O3S3/c18-14(19)16-21-22-17(28-16)20-15(24)10-2-1-3-12(8-10)29(25,26)23-6-4-13-11(9-23)5-7-27-13/h1-3,5,7-8,14H,4,6,9H2,(H,20,22,24). The van der Waals surface area contributed by atoms with Crippen molar-refractivity contribution in [2.45, 2.75) is 24.3 Å². The maximum Gasteiger partial charge on any atom is 0.291 e. The van der Waals surface area contributed by atoms with Gasteiger partial charge in [-0.3, -0.25) is 10.1 Å². The van der Waals surface area contributed by atoms with Crippen LogP contribution in [0.3, 0.4) is 0 Å². The first-order valence-electron chi connectivity index (χ1n) is 8.43. The summed E-state index contributed by atoms with van der Waals surface area (Å²) in [6.45, 7) is 0.659. The molecule has 0 unspecified atom stereocenters. The highest BCUT2D eigenvalue weighted by atomic mass is 32.2. The number of anilines is 1. The van der Waals surface area contributed by atoms with E-state index < -0.39 is 27.4 Å². The molecule has 1 N–H and O–H groups in total. The van der Waals surface area contributed by atoms with Crippen LogP contribution in [0.5, 0.6) is 0 Å². The number of carbonyl (C=O) groups excluding carboxylic acids is 1. The molecule has 0 saturated heterocycles. The zero-order valence-corrected chi connectivity index (χ0v) is 17.2. The van der Waals surface area contributed by atoms with Crippen molar-refractivity contribution >= 4 is 43.7 Å². The van der Waals surface area contributed by atoms with Gasteiger partial charge >= 0.3 is 0 Å². The number of nitrogens with zero attached hydrogens (tertiary/aromatic N) is 3. The molecule has 7 nitrogen and oxygen atoms in total. The van der Waals surface area contributed by atoms with E-state index in [1.54, 1.807) is 11.3 Å². The van der Waals surface area contributed by atoms with Crippen LogP contribution in [-0.4, -0.2) is 35.4 Å². The van der Waals surface area contributed by atoms with Crippen molar-refractivity contribution in [3.05, 3.63) is 56.7 Å². The molecule has 12 heteroatoms. The molecule has 29 heavy (non-hydrogen) atoms. The third-order valence-electron chi connectivity index (χ3n) is 4.35. The van der Waals surface area contributed by atoms with E-state index in [1.165, 1.54) is 33.4 Å². The van der Waals surface area contributed by atoms with Crippen LogP contribution in [0, 0.1) is 0 Å². The molecule has 1 aliphatic heterocycles. The van der Waals surface area contributed by atoms with Crippen molar-refractivity contribution in [1.82, 2.24) is 14.5 Å². The summed E-state index contributed by atoms with van der Waals surface area (Å²) in [5.74, 6) is -0.655. The number of hydrogen-bond donors (Lipinski definition) is 1. The molecule has 0 bridgehead atoms. The van der Waals surface area contributed by atoms with Crippen LogP contribution in [0.1, 0.15) is 32.2 Å². The van der Waals surface area contributed by atoms with Crippen LogP contribution >= 0.6 is 22.7 Å². The highest BCUT2D eigenvalue weighted by Crippen LogP contribution is 2.29. The van der Waals surface area contributed by atoms with Gasteiger partial charge in [0.2, 0.25) is 15.2 Å². The molecule has 0 radical (unpaired) electrons. The first kappa shape index (κ1) is 20.0. The van der Waals surface area contributed by atoms with Crippen LogP contribution in [0.15, 0.2) is 40.6 Å². The van der Waals surface area contributed by atoms with Crippen molar-refractivity contribution < 1.29 is 22.0 Å². The third-order valence-corrected chi connectivity index (χ3v) is 8.06. The molecule has 3 heterocycles. The van der Waals surface area contributed by atoms with E-state index >= 15 is 0 Å². The Morgan fingerprint density at radius 3 is 2.83 bits per heavy atom. The van der Waals surface area contributed by atoms with E-state index in [1.807, 2.05) is 11.4 Å². The summed E-state index contributed by atoms with van der Waals surface area (Å²) in [7, 11) is -3.79. The van der Waals surface area contributed by atoms with E-state index in [4.69, 9.17) is 0 Å². The SMILES string of the molecule is O=C(Nc1nnc(C(F)F)s1)c1cccc(S(=O)(=O)N2CCc3sccc3C2)c1. The Morgan fingerprint density at radius 1 is 1.24 bits per heavy atom.